The highest BCUT2D eigenvalue weighted by Gasteiger charge is 2.26. The molecule has 0 aliphatic heterocycles. The van der Waals surface area contributed by atoms with E-state index >= 15 is 0 Å². The molecule has 0 N–H and O–H groups in total. The molecule has 0 aliphatic carbocycles. The van der Waals surface area contributed by atoms with Gasteiger partial charge in [-0.25, -0.2) is 9.55 Å². The smallest absolute Gasteiger partial charge is 0.191 e. The molecule has 5 heteroatoms. The van der Waals surface area contributed by atoms with Crippen LogP contribution in [0, 0.1) is 0 Å². The van der Waals surface area contributed by atoms with Crippen molar-refractivity contribution in [2.24, 2.45) is 7.05 Å². The zero-order chi connectivity index (χ0) is 48.0. The number of fused-ring (bicyclic) bond motifs is 4. The number of pyridine rings is 1. The molecule has 0 radical (unpaired) electrons. The first-order valence-corrected chi connectivity index (χ1v) is 24.5. The molecular formula is C67H48N5+. The molecule has 0 aliphatic rings. The van der Waals surface area contributed by atoms with Crippen molar-refractivity contribution in [1.82, 2.24) is 18.7 Å². The average Bonchev–Trinajstić information content (AvgIpc) is 3.98. The molecule has 340 valence electrons. The van der Waals surface area contributed by atoms with Gasteiger partial charge < -0.3 is 4.90 Å². The Morgan fingerprint density at radius 2 is 0.875 bits per heavy atom. The summed E-state index contributed by atoms with van der Waals surface area (Å²) in [7, 11) is 2.11. The van der Waals surface area contributed by atoms with E-state index in [0.29, 0.717) is 0 Å². The predicted molar refractivity (Wildman–Crippen MR) is 301 cm³/mol. The monoisotopic (exact) mass is 922 g/mol. The highest BCUT2D eigenvalue weighted by atomic mass is 15.2. The number of anilines is 3. The van der Waals surface area contributed by atoms with Crippen molar-refractivity contribution in [2.75, 3.05) is 4.90 Å². The molecule has 0 fully saturated rings. The zero-order valence-electron chi connectivity index (χ0n) is 39.7. The van der Waals surface area contributed by atoms with E-state index in [1.807, 2.05) is 6.20 Å². The van der Waals surface area contributed by atoms with Crippen LogP contribution in [0.2, 0.25) is 0 Å². The van der Waals surface area contributed by atoms with E-state index in [0.717, 1.165) is 89.2 Å². The van der Waals surface area contributed by atoms with Crippen LogP contribution in [0.25, 0.3) is 100.0 Å². The van der Waals surface area contributed by atoms with Gasteiger partial charge in [0, 0.05) is 65.1 Å². The summed E-state index contributed by atoms with van der Waals surface area (Å²) in [5, 5.41) is 2.31. The van der Waals surface area contributed by atoms with Crippen LogP contribution in [0.4, 0.5) is 17.1 Å². The Kier molecular flexibility index (Phi) is 10.7. The molecule has 3 aromatic heterocycles. The van der Waals surface area contributed by atoms with Crippen molar-refractivity contribution in [2.45, 2.75) is 0 Å². The Morgan fingerprint density at radius 1 is 0.375 bits per heavy atom. The molecule has 3 heterocycles. The molecule has 0 atom stereocenters. The van der Waals surface area contributed by atoms with E-state index in [2.05, 4.69) is 293 Å². The fourth-order valence-corrected chi connectivity index (χ4v) is 10.8. The van der Waals surface area contributed by atoms with Crippen LogP contribution in [0.3, 0.4) is 0 Å². The molecule has 13 aromatic rings. The van der Waals surface area contributed by atoms with Crippen molar-refractivity contribution in [3.8, 4) is 67.1 Å². The fourth-order valence-electron chi connectivity index (χ4n) is 10.8. The minimum absolute atomic E-state index is 0.841. The quantitative estimate of drug-likeness (QED) is 0.128. The Labute approximate surface area is 419 Å². The lowest BCUT2D eigenvalue weighted by Crippen LogP contribution is -2.13. The first kappa shape index (κ1) is 42.5. The maximum atomic E-state index is 5.23. The van der Waals surface area contributed by atoms with Crippen molar-refractivity contribution in [3.63, 3.8) is 0 Å². The molecule has 0 saturated carbocycles. The summed E-state index contributed by atoms with van der Waals surface area (Å²) in [5.74, 6) is 0.841. The topological polar surface area (TPSA) is 30.9 Å². The first-order chi connectivity index (χ1) is 35.7. The maximum Gasteiger partial charge on any atom is 0.191 e. The highest BCUT2D eigenvalue weighted by molar-refractivity contribution is 6.11. The van der Waals surface area contributed by atoms with Crippen LogP contribution in [0.5, 0.6) is 0 Å². The number of aromatic nitrogens is 4. The lowest BCUT2D eigenvalue weighted by Gasteiger charge is -2.30. The number of nitrogens with zero attached hydrogens (tertiary/aromatic N) is 5. The minimum Gasteiger partial charge on any atom is -0.308 e. The Morgan fingerprint density at radius 3 is 1.50 bits per heavy atom. The number of aryl methyl sites for hydroxylation is 1. The number of imidazole rings is 1. The van der Waals surface area contributed by atoms with Crippen LogP contribution in [-0.2, 0) is 7.05 Å². The van der Waals surface area contributed by atoms with Gasteiger partial charge in [0.2, 0.25) is 0 Å². The molecule has 0 spiro atoms. The van der Waals surface area contributed by atoms with Gasteiger partial charge in [0.15, 0.2) is 17.4 Å². The largest absolute Gasteiger partial charge is 0.308 e. The van der Waals surface area contributed by atoms with Crippen molar-refractivity contribution in [1.29, 1.82) is 0 Å². The van der Waals surface area contributed by atoms with Gasteiger partial charge in [-0.1, -0.05) is 182 Å². The molecule has 72 heavy (non-hydrogen) atoms. The third-order valence-electron chi connectivity index (χ3n) is 14.0. The lowest BCUT2D eigenvalue weighted by atomic mass is 9.88. The summed E-state index contributed by atoms with van der Waals surface area (Å²) in [5.41, 5.74) is 20.1. The predicted octanol–water partition coefficient (Wildman–Crippen LogP) is 17.5. The van der Waals surface area contributed by atoms with Gasteiger partial charge >= 0.3 is 0 Å². The summed E-state index contributed by atoms with van der Waals surface area (Å²) < 4.78 is 6.83. The first-order valence-electron chi connectivity index (χ1n) is 24.5. The lowest BCUT2D eigenvalue weighted by molar-refractivity contribution is 0.911. The molecule has 0 saturated heterocycles. The molecule has 0 bridgehead atoms. The summed E-state index contributed by atoms with van der Waals surface area (Å²) in [4.78, 5) is 7.69. The van der Waals surface area contributed by atoms with Crippen LogP contribution in [0.1, 0.15) is 0 Å². The SMILES string of the molecule is Cn1[cH+]n(-c2cccc(N(c3ccc4c5ccccc5n(-c5cc(-c6c(-c7ccccc7)cccc6-c6ccccc6)ccn5)c4c3)c3c(-c4ccccc4)cccc3-c3ccccc3)c2)c2ccccc21. The molecule has 5 nitrogen and oxygen atoms in total. The number of hydrogen-bond donors (Lipinski definition) is 0. The Balaban J connectivity index is 1.07. The van der Waals surface area contributed by atoms with Gasteiger partial charge in [-0.15, -0.1) is 0 Å². The molecule has 0 amide bonds. The maximum absolute atomic E-state index is 5.23. The van der Waals surface area contributed by atoms with Crippen molar-refractivity contribution in [3.05, 3.63) is 273 Å². The van der Waals surface area contributed by atoms with Crippen LogP contribution < -0.4 is 4.90 Å². The van der Waals surface area contributed by atoms with Crippen LogP contribution in [-0.4, -0.2) is 18.7 Å². The van der Waals surface area contributed by atoms with Gasteiger partial charge in [-0.3, -0.25) is 4.57 Å². The summed E-state index contributed by atoms with van der Waals surface area (Å²) in [6, 6.07) is 94.0. The van der Waals surface area contributed by atoms with Crippen LogP contribution in [0.15, 0.2) is 273 Å². The van der Waals surface area contributed by atoms with Gasteiger partial charge in [0.05, 0.1) is 22.4 Å². The second-order valence-corrected chi connectivity index (χ2v) is 18.3. The average molecular weight is 923 g/mol. The van der Waals surface area contributed by atoms with E-state index in [9.17, 15) is 0 Å². The van der Waals surface area contributed by atoms with Gasteiger partial charge in [0.25, 0.3) is 0 Å². The summed E-state index contributed by atoms with van der Waals surface area (Å²) >= 11 is 0. The summed E-state index contributed by atoms with van der Waals surface area (Å²) in [6.45, 7) is 0. The third-order valence-corrected chi connectivity index (χ3v) is 14.0. The zero-order valence-corrected chi connectivity index (χ0v) is 39.7. The Hall–Kier alpha value is -9.58. The Bertz CT molecular complexity index is 3990. The molecular weight excluding hydrogens is 875 g/mol. The highest BCUT2D eigenvalue weighted by Crippen LogP contribution is 2.49. The third kappa shape index (κ3) is 7.43. The molecule has 0 unspecified atom stereocenters. The molecule has 13 rings (SSSR count). The van der Waals surface area contributed by atoms with E-state index < -0.39 is 0 Å². The van der Waals surface area contributed by atoms with Gasteiger partial charge in [-0.2, -0.15) is 4.57 Å². The van der Waals surface area contributed by atoms with E-state index in [4.69, 9.17) is 4.98 Å². The number of rotatable bonds is 10. The summed E-state index contributed by atoms with van der Waals surface area (Å²) in [6.07, 6.45) is 4.14. The van der Waals surface area contributed by atoms with E-state index in [-0.39, 0.29) is 0 Å². The standard InChI is InChI=1S/C67H48N5/c1-69-46-70(63-38-17-16-37-62(63)69)52-29-18-30-53(44-52)71(67-57(49-25-10-4-11-26-49)34-20-35-58(67)50-27-12-5-13-28-50)54-39-40-60-59-31-14-15-36-61(59)72(64(60)45-54)65-43-51(41-42-68-65)66-55(47-21-6-2-7-22-47)32-19-33-56(66)48-23-8-3-9-24-48/h2-46H,1H3/q+1. The van der Waals surface area contributed by atoms with Gasteiger partial charge in [-0.05, 0) is 99.1 Å². The second kappa shape index (κ2) is 18.1. The minimum atomic E-state index is 0.841. The molecule has 10 aromatic carbocycles. The van der Waals surface area contributed by atoms with E-state index in [1.165, 1.54) is 27.8 Å². The second-order valence-electron chi connectivity index (χ2n) is 18.3. The fraction of sp³-hybridized carbons (Fsp3) is 0.0149. The van der Waals surface area contributed by atoms with Crippen LogP contribution >= 0.6 is 0 Å². The number of para-hydroxylation sites is 4. The van der Waals surface area contributed by atoms with E-state index in [1.54, 1.807) is 0 Å². The van der Waals surface area contributed by atoms with Crippen molar-refractivity contribution < 1.29 is 0 Å². The number of benzene rings is 10. The normalized spacial score (nSPS) is 11.4. The van der Waals surface area contributed by atoms with Crippen molar-refractivity contribution >= 4 is 49.9 Å². The van der Waals surface area contributed by atoms with Gasteiger partial charge in [0.1, 0.15) is 11.5 Å². The number of hydrogen-bond acceptors (Lipinski definition) is 2.